The van der Waals surface area contributed by atoms with E-state index in [2.05, 4.69) is 15.4 Å². The van der Waals surface area contributed by atoms with Gasteiger partial charge in [-0.2, -0.15) is 5.10 Å². The number of benzene rings is 2. The molecule has 0 atom stereocenters. The molecule has 0 aliphatic heterocycles. The molecule has 5 rings (SSSR count). The highest BCUT2D eigenvalue weighted by molar-refractivity contribution is 6.12. The second kappa shape index (κ2) is 8.43. The molecule has 0 aliphatic rings. The number of hydrogen-bond donors (Lipinski definition) is 1. The fourth-order valence-electron chi connectivity index (χ4n) is 3.69. The van der Waals surface area contributed by atoms with Crippen molar-refractivity contribution in [3.8, 4) is 11.3 Å². The zero-order valence-corrected chi connectivity index (χ0v) is 17.6. The summed E-state index contributed by atoms with van der Waals surface area (Å²) in [6.45, 7) is 2.53. The van der Waals surface area contributed by atoms with Crippen molar-refractivity contribution >= 4 is 22.6 Å². The molecule has 0 saturated heterocycles. The average molecular weight is 419 g/mol. The Morgan fingerprint density at radius 2 is 1.78 bits per heavy atom. The lowest BCUT2D eigenvalue weighted by Crippen LogP contribution is -2.13. The number of pyridine rings is 2. The van der Waals surface area contributed by atoms with Crippen molar-refractivity contribution in [2.45, 2.75) is 13.5 Å². The summed E-state index contributed by atoms with van der Waals surface area (Å²) < 4.78 is 1.82. The minimum atomic E-state index is -0.191. The van der Waals surface area contributed by atoms with Crippen molar-refractivity contribution in [3.05, 3.63) is 108 Å². The first-order valence-electron chi connectivity index (χ1n) is 10.4. The first-order chi connectivity index (χ1) is 15.7. The van der Waals surface area contributed by atoms with Gasteiger partial charge in [-0.3, -0.25) is 9.78 Å². The van der Waals surface area contributed by atoms with Crippen LogP contribution in [0.1, 0.15) is 21.5 Å². The van der Waals surface area contributed by atoms with E-state index in [1.807, 2.05) is 84.4 Å². The lowest BCUT2D eigenvalue weighted by Gasteiger charge is -2.10. The molecule has 0 bridgehead atoms. The molecule has 0 saturated carbocycles. The van der Waals surface area contributed by atoms with Crippen molar-refractivity contribution in [3.63, 3.8) is 0 Å². The SMILES string of the molecule is Cc1cccc(NC(=O)c2cc(-c3ccccc3)nc3c2cnn3Cc2ccncc2)c1. The van der Waals surface area contributed by atoms with Gasteiger partial charge in [0.1, 0.15) is 0 Å². The number of anilines is 1. The van der Waals surface area contributed by atoms with Gasteiger partial charge in [0.2, 0.25) is 0 Å². The summed E-state index contributed by atoms with van der Waals surface area (Å²) in [4.78, 5) is 22.3. The predicted molar refractivity (Wildman–Crippen MR) is 125 cm³/mol. The van der Waals surface area contributed by atoms with Crippen LogP contribution in [0.3, 0.4) is 0 Å². The Bertz CT molecular complexity index is 1390. The zero-order chi connectivity index (χ0) is 21.9. The summed E-state index contributed by atoms with van der Waals surface area (Å²) in [5.74, 6) is -0.191. The molecule has 6 nitrogen and oxygen atoms in total. The van der Waals surface area contributed by atoms with Crippen molar-refractivity contribution in [1.82, 2.24) is 19.7 Å². The molecule has 0 unspecified atom stereocenters. The van der Waals surface area contributed by atoms with E-state index in [1.54, 1.807) is 18.6 Å². The molecule has 3 heterocycles. The molecule has 6 heteroatoms. The number of hydrogen-bond acceptors (Lipinski definition) is 4. The van der Waals surface area contributed by atoms with Crippen molar-refractivity contribution in [2.24, 2.45) is 0 Å². The largest absolute Gasteiger partial charge is 0.322 e. The maximum atomic E-state index is 13.3. The van der Waals surface area contributed by atoms with E-state index in [1.165, 1.54) is 0 Å². The number of rotatable bonds is 5. The highest BCUT2D eigenvalue weighted by Gasteiger charge is 2.18. The Kier molecular flexibility index (Phi) is 5.17. The van der Waals surface area contributed by atoms with Gasteiger partial charge in [0.25, 0.3) is 5.91 Å². The number of aromatic nitrogens is 4. The standard InChI is InChI=1S/C26H21N5O/c1-18-6-5-9-21(14-18)29-26(32)22-15-24(20-7-3-2-4-8-20)30-25-23(22)16-28-31(25)17-19-10-12-27-13-11-19/h2-16H,17H2,1H3,(H,29,32). The Labute approximate surface area is 185 Å². The second-order valence-corrected chi connectivity index (χ2v) is 7.64. The van der Waals surface area contributed by atoms with Crippen LogP contribution in [0.25, 0.3) is 22.3 Å². The predicted octanol–water partition coefficient (Wildman–Crippen LogP) is 5.10. The van der Waals surface area contributed by atoms with Crippen LogP contribution in [-0.4, -0.2) is 25.7 Å². The summed E-state index contributed by atoms with van der Waals surface area (Å²) in [6.07, 6.45) is 5.22. The van der Waals surface area contributed by atoms with Crippen LogP contribution < -0.4 is 5.32 Å². The first kappa shape index (κ1) is 19.6. The lowest BCUT2D eigenvalue weighted by molar-refractivity contribution is 0.102. The average Bonchev–Trinajstić information content (AvgIpc) is 3.22. The van der Waals surface area contributed by atoms with Gasteiger partial charge in [0.05, 0.1) is 29.4 Å². The molecule has 0 spiro atoms. The van der Waals surface area contributed by atoms with Crippen LogP contribution in [0.4, 0.5) is 5.69 Å². The fourth-order valence-corrected chi connectivity index (χ4v) is 3.69. The van der Waals surface area contributed by atoms with Crippen LogP contribution in [0, 0.1) is 6.92 Å². The fraction of sp³-hybridized carbons (Fsp3) is 0.0769. The van der Waals surface area contributed by atoms with Crippen LogP contribution in [0.15, 0.2) is 91.4 Å². The number of nitrogens with one attached hydrogen (secondary N) is 1. The van der Waals surface area contributed by atoms with Crippen molar-refractivity contribution in [2.75, 3.05) is 5.32 Å². The molecule has 1 amide bonds. The van der Waals surface area contributed by atoms with Gasteiger partial charge in [0.15, 0.2) is 5.65 Å². The molecular weight excluding hydrogens is 398 g/mol. The lowest BCUT2D eigenvalue weighted by atomic mass is 10.1. The smallest absolute Gasteiger partial charge is 0.256 e. The molecular formula is C26H21N5O. The van der Waals surface area contributed by atoms with Crippen molar-refractivity contribution < 1.29 is 4.79 Å². The molecule has 1 N–H and O–H groups in total. The molecule has 0 radical (unpaired) electrons. The van der Waals surface area contributed by atoms with E-state index in [4.69, 9.17) is 4.98 Å². The summed E-state index contributed by atoms with van der Waals surface area (Å²) in [5.41, 5.74) is 5.76. The maximum Gasteiger partial charge on any atom is 0.256 e. The zero-order valence-electron chi connectivity index (χ0n) is 17.6. The van der Waals surface area contributed by atoms with E-state index in [9.17, 15) is 4.79 Å². The number of aryl methyl sites for hydroxylation is 1. The van der Waals surface area contributed by atoms with Gasteiger partial charge >= 0.3 is 0 Å². The summed E-state index contributed by atoms with van der Waals surface area (Å²) in [7, 11) is 0. The number of fused-ring (bicyclic) bond motifs is 1. The molecule has 0 fully saturated rings. The first-order valence-corrected chi connectivity index (χ1v) is 10.4. The van der Waals surface area contributed by atoms with Crippen LogP contribution in [-0.2, 0) is 6.54 Å². The number of nitrogens with zero attached hydrogens (tertiary/aromatic N) is 4. The monoisotopic (exact) mass is 419 g/mol. The highest BCUT2D eigenvalue weighted by Crippen LogP contribution is 2.26. The van der Waals surface area contributed by atoms with E-state index in [0.29, 0.717) is 23.1 Å². The van der Waals surface area contributed by atoms with Gasteiger partial charge in [-0.1, -0.05) is 42.5 Å². The minimum Gasteiger partial charge on any atom is -0.322 e. The maximum absolute atomic E-state index is 13.3. The summed E-state index contributed by atoms with van der Waals surface area (Å²) in [5, 5.41) is 8.27. The quantitative estimate of drug-likeness (QED) is 0.430. The molecule has 5 aromatic rings. The minimum absolute atomic E-state index is 0.191. The van der Waals surface area contributed by atoms with Gasteiger partial charge in [-0.25, -0.2) is 9.67 Å². The Morgan fingerprint density at radius 3 is 2.56 bits per heavy atom. The molecule has 32 heavy (non-hydrogen) atoms. The second-order valence-electron chi connectivity index (χ2n) is 7.64. The van der Waals surface area contributed by atoms with E-state index < -0.39 is 0 Å². The van der Waals surface area contributed by atoms with Crippen molar-refractivity contribution in [1.29, 1.82) is 0 Å². The van der Waals surface area contributed by atoms with Crippen LogP contribution >= 0.6 is 0 Å². The van der Waals surface area contributed by atoms with Gasteiger partial charge < -0.3 is 5.32 Å². The summed E-state index contributed by atoms with van der Waals surface area (Å²) in [6, 6.07) is 23.3. The Hall–Kier alpha value is -4.32. The third-order valence-corrected chi connectivity index (χ3v) is 5.28. The third-order valence-electron chi connectivity index (χ3n) is 5.28. The number of carbonyl (C=O) groups is 1. The Morgan fingerprint density at radius 1 is 0.969 bits per heavy atom. The van der Waals surface area contributed by atoms with Gasteiger partial charge in [-0.15, -0.1) is 0 Å². The van der Waals surface area contributed by atoms with Gasteiger partial charge in [-0.05, 0) is 48.4 Å². The highest BCUT2D eigenvalue weighted by atomic mass is 16.1. The molecule has 156 valence electrons. The topological polar surface area (TPSA) is 72.7 Å². The molecule has 0 aliphatic carbocycles. The number of carbonyl (C=O) groups excluding carboxylic acids is 1. The normalized spacial score (nSPS) is 10.9. The third kappa shape index (κ3) is 3.98. The van der Waals surface area contributed by atoms with E-state index in [-0.39, 0.29) is 5.91 Å². The van der Waals surface area contributed by atoms with Crippen LogP contribution in [0.2, 0.25) is 0 Å². The van der Waals surface area contributed by atoms with E-state index >= 15 is 0 Å². The molecule has 2 aromatic carbocycles. The Balaban J connectivity index is 1.61. The molecule has 3 aromatic heterocycles. The summed E-state index contributed by atoms with van der Waals surface area (Å²) >= 11 is 0. The number of amides is 1. The van der Waals surface area contributed by atoms with Gasteiger partial charge in [0, 0.05) is 23.6 Å². The van der Waals surface area contributed by atoms with E-state index in [0.717, 1.165) is 28.1 Å². The van der Waals surface area contributed by atoms with Crippen LogP contribution in [0.5, 0.6) is 0 Å².